The van der Waals surface area contributed by atoms with Crippen LogP contribution in [-0.2, 0) is 0 Å². The van der Waals surface area contributed by atoms with Crippen molar-refractivity contribution in [3.8, 4) is 11.3 Å². The minimum absolute atomic E-state index is 0. The van der Waals surface area contributed by atoms with Gasteiger partial charge in [-0.05, 0) is 18.2 Å². The lowest BCUT2D eigenvalue weighted by Crippen LogP contribution is -2.21. The third kappa shape index (κ3) is 3.59. The monoisotopic (exact) mass is 388 g/mol. The zero-order valence-corrected chi connectivity index (χ0v) is 14.6. The van der Waals surface area contributed by atoms with Gasteiger partial charge in [-0.15, -0.1) is 28.8 Å². The summed E-state index contributed by atoms with van der Waals surface area (Å²) in [7, 11) is 0. The Bertz CT molecular complexity index is 894. The van der Waals surface area contributed by atoms with Gasteiger partial charge in [-0.25, -0.2) is 4.98 Å². The van der Waals surface area contributed by atoms with E-state index in [9.17, 15) is 0 Å². The molecule has 3 aromatic rings. The summed E-state index contributed by atoms with van der Waals surface area (Å²) in [6, 6.07) is 7.43. The van der Waals surface area contributed by atoms with Crippen LogP contribution < -0.4 is 11.5 Å². The fourth-order valence-corrected chi connectivity index (χ4v) is 3.45. The molecule has 0 aliphatic heterocycles. The van der Waals surface area contributed by atoms with Gasteiger partial charge in [0.2, 0.25) is 5.96 Å². The molecule has 0 aliphatic carbocycles. The molecule has 0 unspecified atom stereocenters. The average Bonchev–Trinajstić information content (AvgIpc) is 2.99. The van der Waals surface area contributed by atoms with Gasteiger partial charge in [0, 0.05) is 11.8 Å². The molecule has 0 atom stereocenters. The van der Waals surface area contributed by atoms with Crippen LogP contribution in [0.25, 0.3) is 16.9 Å². The molecule has 3 rings (SSSR count). The molecule has 0 aliphatic rings. The highest BCUT2D eigenvalue weighted by Gasteiger charge is 2.17. The number of pyridine rings is 1. The van der Waals surface area contributed by atoms with Gasteiger partial charge < -0.3 is 11.5 Å². The van der Waals surface area contributed by atoms with Crippen LogP contribution in [0, 0.1) is 0 Å². The average molecular weight is 390 g/mol. The Balaban J connectivity index is 0.00000192. The quantitative estimate of drug-likeness (QED) is 0.408. The fraction of sp³-hybridized carbons (Fsp3) is 0. The van der Waals surface area contributed by atoms with Crippen LogP contribution in [0.3, 0.4) is 0 Å². The molecule has 0 aromatic carbocycles. The molecular weight excluding hydrogens is 379 g/mol. The second-order valence-electron chi connectivity index (χ2n) is 4.28. The number of thiophene rings is 1. The molecule has 120 valence electrons. The number of nitrogens with zero attached hydrogens (tertiary/aromatic N) is 4. The second kappa shape index (κ2) is 7.18. The van der Waals surface area contributed by atoms with Crippen LogP contribution in [0.4, 0.5) is 0 Å². The minimum Gasteiger partial charge on any atom is -0.369 e. The van der Waals surface area contributed by atoms with E-state index in [4.69, 9.17) is 34.7 Å². The first-order valence-corrected chi connectivity index (χ1v) is 7.68. The smallest absolute Gasteiger partial charge is 0.211 e. The van der Waals surface area contributed by atoms with Crippen molar-refractivity contribution in [2.45, 2.75) is 0 Å². The van der Waals surface area contributed by atoms with Gasteiger partial charge in [-0.1, -0.05) is 29.3 Å². The highest BCUT2D eigenvalue weighted by Crippen LogP contribution is 2.38. The number of imidazole rings is 1. The van der Waals surface area contributed by atoms with Crippen molar-refractivity contribution in [3.05, 3.63) is 44.8 Å². The maximum Gasteiger partial charge on any atom is 0.211 e. The molecule has 23 heavy (non-hydrogen) atoms. The van der Waals surface area contributed by atoms with Gasteiger partial charge in [0.15, 0.2) is 0 Å². The lowest BCUT2D eigenvalue weighted by atomic mass is 10.2. The third-order valence-electron chi connectivity index (χ3n) is 2.83. The molecule has 3 aromatic heterocycles. The first-order chi connectivity index (χ1) is 10.6. The SMILES string of the molecule is Cl.NC(N)=N/N=C/c1c(-c2cc(Cl)sc2Cl)nc2ccccn12. The molecule has 4 N–H and O–H groups in total. The molecule has 0 spiro atoms. The largest absolute Gasteiger partial charge is 0.369 e. The highest BCUT2D eigenvalue weighted by molar-refractivity contribution is 7.20. The number of nitrogens with two attached hydrogens (primary N) is 2. The number of rotatable bonds is 3. The van der Waals surface area contributed by atoms with E-state index in [1.807, 2.05) is 28.8 Å². The van der Waals surface area contributed by atoms with E-state index in [2.05, 4.69) is 15.2 Å². The predicted molar refractivity (Wildman–Crippen MR) is 99.2 cm³/mol. The standard InChI is InChI=1S/C13H10Cl2N6S.ClH/c14-9-5-7(12(15)22-9)11-8(6-18-20-13(16)17)21-4-2-1-3-10(21)19-11;/h1-6H,(H4,16,17,20);1H/b18-6+;. The van der Waals surface area contributed by atoms with E-state index in [0.29, 0.717) is 20.1 Å². The Morgan fingerprint density at radius 3 is 2.74 bits per heavy atom. The molecule has 0 fully saturated rings. The lowest BCUT2D eigenvalue weighted by molar-refractivity contribution is 1.16. The van der Waals surface area contributed by atoms with Gasteiger partial charge in [-0.2, -0.15) is 5.10 Å². The summed E-state index contributed by atoms with van der Waals surface area (Å²) < 4.78 is 3.01. The Labute approximate surface area is 151 Å². The molecule has 0 radical (unpaired) electrons. The van der Waals surface area contributed by atoms with Crippen molar-refractivity contribution in [3.63, 3.8) is 0 Å². The molecule has 10 heteroatoms. The van der Waals surface area contributed by atoms with E-state index in [1.165, 1.54) is 17.6 Å². The van der Waals surface area contributed by atoms with Gasteiger partial charge in [-0.3, -0.25) is 4.40 Å². The zero-order chi connectivity index (χ0) is 15.7. The van der Waals surface area contributed by atoms with Gasteiger partial charge >= 0.3 is 0 Å². The number of hydrogen-bond acceptors (Lipinski definition) is 4. The van der Waals surface area contributed by atoms with E-state index in [0.717, 1.165) is 11.2 Å². The summed E-state index contributed by atoms with van der Waals surface area (Å²) >= 11 is 13.5. The van der Waals surface area contributed by atoms with Crippen LogP contribution in [0.1, 0.15) is 5.69 Å². The Kier molecular flexibility index (Phi) is 5.48. The van der Waals surface area contributed by atoms with E-state index in [1.54, 1.807) is 6.07 Å². The Morgan fingerprint density at radius 2 is 2.09 bits per heavy atom. The maximum absolute atomic E-state index is 6.24. The van der Waals surface area contributed by atoms with E-state index in [-0.39, 0.29) is 18.4 Å². The van der Waals surface area contributed by atoms with Gasteiger partial charge in [0.25, 0.3) is 0 Å². The molecule has 0 saturated carbocycles. The van der Waals surface area contributed by atoms with Crippen molar-refractivity contribution in [1.82, 2.24) is 9.38 Å². The summed E-state index contributed by atoms with van der Waals surface area (Å²) in [5.41, 5.74) is 13.4. The normalized spacial score (nSPS) is 10.9. The van der Waals surface area contributed by atoms with Crippen LogP contribution in [0.5, 0.6) is 0 Å². The minimum atomic E-state index is -0.122. The Morgan fingerprint density at radius 1 is 1.30 bits per heavy atom. The van der Waals surface area contributed by atoms with Crippen molar-refractivity contribution in [2.75, 3.05) is 0 Å². The fourth-order valence-electron chi connectivity index (χ4n) is 1.99. The van der Waals surface area contributed by atoms with Crippen molar-refractivity contribution < 1.29 is 0 Å². The molecule has 0 saturated heterocycles. The van der Waals surface area contributed by atoms with Crippen molar-refractivity contribution >= 4 is 64.8 Å². The van der Waals surface area contributed by atoms with Gasteiger partial charge in [0.05, 0.1) is 16.2 Å². The zero-order valence-electron chi connectivity index (χ0n) is 11.5. The first kappa shape index (κ1) is 17.6. The molecule has 0 amide bonds. The molecule has 0 bridgehead atoms. The summed E-state index contributed by atoms with van der Waals surface area (Å²) in [5, 5.41) is 7.48. The van der Waals surface area contributed by atoms with Crippen LogP contribution >= 0.6 is 46.9 Å². The number of hydrogen-bond donors (Lipinski definition) is 2. The number of aromatic nitrogens is 2. The highest BCUT2D eigenvalue weighted by atomic mass is 35.5. The maximum atomic E-state index is 6.24. The van der Waals surface area contributed by atoms with Crippen LogP contribution in [0.15, 0.2) is 40.7 Å². The summed E-state index contributed by atoms with van der Waals surface area (Å²) in [5.74, 6) is -0.122. The van der Waals surface area contributed by atoms with Crippen molar-refractivity contribution in [2.24, 2.45) is 21.7 Å². The third-order valence-corrected chi connectivity index (χ3v) is 4.32. The van der Waals surface area contributed by atoms with Crippen molar-refractivity contribution in [1.29, 1.82) is 0 Å². The number of fused-ring (bicyclic) bond motifs is 1. The van der Waals surface area contributed by atoms with E-state index >= 15 is 0 Å². The lowest BCUT2D eigenvalue weighted by Gasteiger charge is -1.98. The molecule has 6 nitrogen and oxygen atoms in total. The topological polar surface area (TPSA) is 94.1 Å². The predicted octanol–water partition coefficient (Wildman–Crippen LogP) is 3.40. The van der Waals surface area contributed by atoms with Crippen LogP contribution in [-0.4, -0.2) is 21.6 Å². The van der Waals surface area contributed by atoms with Crippen LogP contribution in [0.2, 0.25) is 8.67 Å². The Hall–Kier alpha value is -1.80. The number of halogens is 3. The summed E-state index contributed by atoms with van der Waals surface area (Å²) in [6.07, 6.45) is 3.39. The first-order valence-electron chi connectivity index (χ1n) is 6.10. The summed E-state index contributed by atoms with van der Waals surface area (Å²) in [6.45, 7) is 0. The second-order valence-corrected chi connectivity index (χ2v) is 6.57. The molecule has 3 heterocycles. The summed E-state index contributed by atoms with van der Waals surface area (Å²) in [4.78, 5) is 4.58. The molecular formula is C13H11Cl3N6S. The van der Waals surface area contributed by atoms with Gasteiger partial charge in [0.1, 0.15) is 15.7 Å². The van der Waals surface area contributed by atoms with E-state index < -0.39 is 0 Å². The number of guanidine groups is 1.